The summed E-state index contributed by atoms with van der Waals surface area (Å²) in [4.78, 5) is 11.6. The second-order valence-corrected chi connectivity index (χ2v) is 9.14. The number of rotatable bonds is 1. The van der Waals surface area contributed by atoms with E-state index in [0.29, 0.717) is 11.8 Å². The van der Waals surface area contributed by atoms with Gasteiger partial charge in [-0.05, 0) is 18.1 Å². The van der Waals surface area contributed by atoms with Crippen molar-refractivity contribution in [1.82, 2.24) is 19.9 Å². The number of H-pyrrole nitrogens is 1. The van der Waals surface area contributed by atoms with Crippen LogP contribution in [0.25, 0.3) is 11.0 Å². The van der Waals surface area contributed by atoms with Crippen molar-refractivity contribution >= 4 is 16.9 Å². The van der Waals surface area contributed by atoms with Gasteiger partial charge in [0.25, 0.3) is 5.92 Å². The first-order valence-electron chi connectivity index (χ1n) is 11.1. The molecule has 1 aromatic carbocycles. The van der Waals surface area contributed by atoms with E-state index < -0.39 is 17.8 Å². The third-order valence-corrected chi connectivity index (χ3v) is 6.91. The quantitative estimate of drug-likeness (QED) is 0.509. The zero-order valence-corrected chi connectivity index (χ0v) is 18.2. The molecule has 34 heavy (non-hydrogen) atoms. The molecule has 0 spiro atoms. The topological polar surface area (TPSA) is 80.1 Å². The third kappa shape index (κ3) is 4.34. The van der Waals surface area contributed by atoms with E-state index in [1.165, 1.54) is 0 Å². The molecule has 11 heteroatoms. The second kappa shape index (κ2) is 8.46. The summed E-state index contributed by atoms with van der Waals surface area (Å²) in [5, 5.41) is 0.180. The Labute approximate surface area is 192 Å². The van der Waals surface area contributed by atoms with E-state index in [1.54, 1.807) is 12.1 Å². The minimum absolute atomic E-state index is 0.0227. The minimum atomic E-state index is -4.42. The Morgan fingerprint density at radius 3 is 2.47 bits per heavy atom. The van der Waals surface area contributed by atoms with Crippen LogP contribution in [-0.2, 0) is 23.3 Å². The molecule has 0 saturated carbocycles. The molecule has 6 nitrogen and oxygen atoms in total. The Kier molecular flexibility index (Phi) is 5.71. The number of fused-ring (bicyclic) bond motifs is 3. The highest BCUT2D eigenvalue weighted by Crippen LogP contribution is 2.43. The van der Waals surface area contributed by atoms with Crippen LogP contribution in [0, 0.1) is 11.8 Å². The summed E-state index contributed by atoms with van der Waals surface area (Å²) in [7, 11) is 0. The van der Waals surface area contributed by atoms with Crippen LogP contribution in [-0.4, -0.2) is 52.2 Å². The normalized spacial score (nSPS) is 26.1. The number of ether oxygens (including phenoxy) is 1. The van der Waals surface area contributed by atoms with E-state index in [9.17, 15) is 22.0 Å². The van der Waals surface area contributed by atoms with Crippen LogP contribution in [0.2, 0.25) is 0 Å². The zero-order chi connectivity index (χ0) is 24.1. The Morgan fingerprint density at radius 2 is 1.79 bits per heavy atom. The van der Waals surface area contributed by atoms with Crippen LogP contribution >= 0.6 is 0 Å². The van der Waals surface area contributed by atoms with Crippen molar-refractivity contribution in [2.24, 2.45) is 11.8 Å². The van der Waals surface area contributed by atoms with Crippen molar-refractivity contribution < 1.29 is 26.7 Å². The lowest BCUT2D eigenvalue weighted by Crippen LogP contribution is -2.43. The van der Waals surface area contributed by atoms with E-state index in [1.807, 2.05) is 12.1 Å². The van der Waals surface area contributed by atoms with Gasteiger partial charge in [-0.25, -0.2) is 18.7 Å². The SMILES string of the molecule is FC1(F)CC(N2CC3COCC3C2)Cc2ccccc21.Nc1ncnc2[nH]c(C(F)(F)F)cc12. The fourth-order valence-corrected chi connectivity index (χ4v) is 5.18. The lowest BCUT2D eigenvalue weighted by molar-refractivity contribution is -0.140. The molecule has 2 saturated heterocycles. The maximum Gasteiger partial charge on any atom is 0.431 e. The van der Waals surface area contributed by atoms with Crippen molar-refractivity contribution in [3.63, 3.8) is 0 Å². The van der Waals surface area contributed by atoms with Gasteiger partial charge in [-0.2, -0.15) is 13.2 Å². The van der Waals surface area contributed by atoms with Crippen molar-refractivity contribution in [3.8, 4) is 0 Å². The number of nitrogens with zero attached hydrogens (tertiary/aromatic N) is 3. The number of aromatic nitrogens is 3. The molecule has 3 aliphatic rings. The molecular formula is C23H24F5N5O. The maximum absolute atomic E-state index is 14.3. The largest absolute Gasteiger partial charge is 0.431 e. The lowest BCUT2D eigenvalue weighted by Gasteiger charge is -2.37. The summed E-state index contributed by atoms with van der Waals surface area (Å²) in [6.07, 6.45) is -2.60. The van der Waals surface area contributed by atoms with Crippen molar-refractivity contribution in [2.45, 2.75) is 31.0 Å². The van der Waals surface area contributed by atoms with Gasteiger partial charge in [0.2, 0.25) is 0 Å². The first-order chi connectivity index (χ1) is 16.1. The summed E-state index contributed by atoms with van der Waals surface area (Å²) in [6.45, 7) is 3.46. The molecule has 3 unspecified atom stereocenters. The molecule has 0 radical (unpaired) electrons. The maximum atomic E-state index is 14.3. The Morgan fingerprint density at radius 1 is 1.09 bits per heavy atom. The lowest BCUT2D eigenvalue weighted by atomic mass is 9.85. The van der Waals surface area contributed by atoms with Gasteiger partial charge in [0.15, 0.2) is 0 Å². The standard InChI is InChI=1S/C16H19F2NO.C7H5F3N4/c17-16(18)6-14(5-11-3-1-2-4-15(11)16)19-7-12-9-20-10-13(12)8-19;8-7(9,10)4-1-3-5(11)12-2-13-6(3)14-4/h1-4,12-14H,5-10H2;1-2H,(H3,11,12,13,14). The molecule has 0 amide bonds. The number of halogens is 5. The first-order valence-corrected chi connectivity index (χ1v) is 11.1. The van der Waals surface area contributed by atoms with Gasteiger partial charge >= 0.3 is 6.18 Å². The van der Waals surface area contributed by atoms with Gasteiger partial charge in [-0.1, -0.05) is 24.3 Å². The molecule has 1 aliphatic carbocycles. The molecule has 3 aromatic rings. The van der Waals surface area contributed by atoms with Gasteiger partial charge in [0.1, 0.15) is 23.5 Å². The van der Waals surface area contributed by atoms with Crippen LogP contribution in [0.5, 0.6) is 0 Å². The number of anilines is 1. The number of nitrogen functional groups attached to an aromatic ring is 1. The smallest absolute Gasteiger partial charge is 0.383 e. The fourth-order valence-electron chi connectivity index (χ4n) is 5.18. The number of alkyl halides is 5. The summed E-state index contributed by atoms with van der Waals surface area (Å²) in [5.41, 5.74) is 5.64. The summed E-state index contributed by atoms with van der Waals surface area (Å²) in [6, 6.07) is 7.89. The molecule has 182 valence electrons. The predicted octanol–water partition coefficient (Wildman–Crippen LogP) is 4.23. The van der Waals surface area contributed by atoms with E-state index in [0.717, 1.165) is 50.7 Å². The van der Waals surface area contributed by atoms with Gasteiger partial charge in [0.05, 0.1) is 18.6 Å². The molecule has 0 bridgehead atoms. The summed E-state index contributed by atoms with van der Waals surface area (Å²) in [5.74, 6) is -1.54. The average Bonchev–Trinajstić information content (AvgIpc) is 3.48. The first kappa shape index (κ1) is 23.0. The molecule has 3 N–H and O–H groups in total. The highest BCUT2D eigenvalue weighted by molar-refractivity contribution is 5.86. The predicted molar refractivity (Wildman–Crippen MR) is 115 cm³/mol. The van der Waals surface area contributed by atoms with E-state index >= 15 is 0 Å². The van der Waals surface area contributed by atoms with E-state index in [4.69, 9.17) is 10.5 Å². The molecule has 3 atom stereocenters. The van der Waals surface area contributed by atoms with Crippen molar-refractivity contribution in [3.05, 3.63) is 53.5 Å². The van der Waals surface area contributed by atoms with Crippen LogP contribution in [0.1, 0.15) is 23.2 Å². The van der Waals surface area contributed by atoms with Gasteiger partial charge in [-0.3, -0.25) is 4.90 Å². The molecule has 2 fully saturated rings. The van der Waals surface area contributed by atoms with E-state index in [2.05, 4.69) is 19.9 Å². The van der Waals surface area contributed by atoms with Crippen molar-refractivity contribution in [1.29, 1.82) is 0 Å². The van der Waals surface area contributed by atoms with E-state index in [-0.39, 0.29) is 34.9 Å². The fraction of sp³-hybridized carbons (Fsp3) is 0.478. The number of hydrogen-bond donors (Lipinski definition) is 2. The monoisotopic (exact) mass is 481 g/mol. The number of likely N-dealkylation sites (tertiary alicyclic amines) is 1. The molecule has 2 aliphatic heterocycles. The molecular weight excluding hydrogens is 457 g/mol. The minimum Gasteiger partial charge on any atom is -0.383 e. The van der Waals surface area contributed by atoms with Gasteiger partial charge in [-0.15, -0.1) is 0 Å². The number of aromatic amines is 1. The molecule has 2 aromatic heterocycles. The van der Waals surface area contributed by atoms with Gasteiger partial charge in [0, 0.05) is 43.0 Å². The van der Waals surface area contributed by atoms with Crippen LogP contribution in [0.15, 0.2) is 36.7 Å². The molecule has 4 heterocycles. The highest BCUT2D eigenvalue weighted by atomic mass is 19.4. The summed E-state index contributed by atoms with van der Waals surface area (Å²) >= 11 is 0. The Balaban J connectivity index is 0.000000152. The Hall–Kier alpha value is -2.79. The second-order valence-electron chi connectivity index (χ2n) is 9.14. The number of nitrogens with two attached hydrogens (primary N) is 1. The highest BCUT2D eigenvalue weighted by Gasteiger charge is 2.46. The molecule has 6 rings (SSSR count). The Bertz CT molecular complexity index is 1170. The number of hydrogen-bond acceptors (Lipinski definition) is 5. The van der Waals surface area contributed by atoms with Crippen LogP contribution in [0.3, 0.4) is 0 Å². The van der Waals surface area contributed by atoms with Crippen LogP contribution in [0.4, 0.5) is 27.8 Å². The van der Waals surface area contributed by atoms with Gasteiger partial charge < -0.3 is 15.5 Å². The summed E-state index contributed by atoms with van der Waals surface area (Å²) < 4.78 is 70.9. The third-order valence-electron chi connectivity index (χ3n) is 6.91. The van der Waals surface area contributed by atoms with Crippen LogP contribution < -0.4 is 5.73 Å². The van der Waals surface area contributed by atoms with Crippen molar-refractivity contribution in [2.75, 3.05) is 32.0 Å². The zero-order valence-electron chi connectivity index (χ0n) is 18.2. The average molecular weight is 481 g/mol. The number of benzene rings is 1. The number of nitrogens with one attached hydrogen (secondary N) is 1.